The van der Waals surface area contributed by atoms with Crippen LogP contribution < -0.4 is 5.32 Å². The number of anilines is 1. The number of halogens is 2. The molecule has 0 aliphatic rings. The Kier molecular flexibility index (Phi) is 3.75. The lowest BCUT2D eigenvalue weighted by atomic mass is 9.94. The second-order valence-corrected chi connectivity index (χ2v) is 4.55. The number of hydrogen-bond acceptors (Lipinski definition) is 2. The van der Waals surface area contributed by atoms with Crippen molar-refractivity contribution in [1.82, 2.24) is 0 Å². The Bertz CT molecular complexity index is 387. The van der Waals surface area contributed by atoms with E-state index in [0.717, 1.165) is 0 Å². The van der Waals surface area contributed by atoms with E-state index in [1.807, 2.05) is 0 Å². The zero-order chi connectivity index (χ0) is 12.3. The van der Waals surface area contributed by atoms with Crippen LogP contribution in [0.1, 0.15) is 13.8 Å². The minimum Gasteiger partial charge on any atom is -0.481 e. The van der Waals surface area contributed by atoms with E-state index in [1.54, 1.807) is 19.9 Å². The molecule has 3 nitrogen and oxygen atoms in total. The number of para-hydroxylation sites is 1. The first-order valence-electron chi connectivity index (χ1n) is 4.76. The molecule has 0 unspecified atom stereocenters. The minimum absolute atomic E-state index is 0.100. The molecule has 0 aliphatic carbocycles. The van der Waals surface area contributed by atoms with E-state index in [-0.39, 0.29) is 17.3 Å². The summed E-state index contributed by atoms with van der Waals surface area (Å²) in [6, 6.07) is 4.30. The third-order valence-electron chi connectivity index (χ3n) is 2.25. The topological polar surface area (TPSA) is 49.3 Å². The van der Waals surface area contributed by atoms with Gasteiger partial charge in [0.1, 0.15) is 5.82 Å². The summed E-state index contributed by atoms with van der Waals surface area (Å²) in [6.45, 7) is 3.21. The maximum absolute atomic E-state index is 13.3. The molecule has 0 saturated carbocycles. The maximum atomic E-state index is 13.3. The van der Waals surface area contributed by atoms with Gasteiger partial charge in [0.05, 0.1) is 16.1 Å². The van der Waals surface area contributed by atoms with Gasteiger partial charge in [-0.1, -0.05) is 17.7 Å². The third kappa shape index (κ3) is 2.85. The highest BCUT2D eigenvalue weighted by molar-refractivity contribution is 6.33. The zero-order valence-electron chi connectivity index (χ0n) is 9.05. The fourth-order valence-corrected chi connectivity index (χ4v) is 1.28. The quantitative estimate of drug-likeness (QED) is 0.857. The van der Waals surface area contributed by atoms with Crippen molar-refractivity contribution in [1.29, 1.82) is 0 Å². The fourth-order valence-electron chi connectivity index (χ4n) is 1.05. The Balaban J connectivity index is 2.79. The van der Waals surface area contributed by atoms with Crippen LogP contribution in [0, 0.1) is 11.2 Å². The van der Waals surface area contributed by atoms with Gasteiger partial charge in [0.15, 0.2) is 0 Å². The van der Waals surface area contributed by atoms with Gasteiger partial charge in [-0.3, -0.25) is 4.79 Å². The SMILES string of the molecule is CC(C)(CNc1c(F)cccc1Cl)C(=O)O. The highest BCUT2D eigenvalue weighted by Crippen LogP contribution is 2.26. The fraction of sp³-hybridized carbons (Fsp3) is 0.364. The van der Waals surface area contributed by atoms with Crippen molar-refractivity contribution in [2.45, 2.75) is 13.8 Å². The van der Waals surface area contributed by atoms with Crippen molar-refractivity contribution in [2.24, 2.45) is 5.41 Å². The summed E-state index contributed by atoms with van der Waals surface area (Å²) < 4.78 is 13.3. The molecule has 0 spiro atoms. The number of hydrogen-bond donors (Lipinski definition) is 2. The van der Waals surface area contributed by atoms with Crippen LogP contribution in [0.2, 0.25) is 5.02 Å². The van der Waals surface area contributed by atoms with Gasteiger partial charge in [-0.15, -0.1) is 0 Å². The highest BCUT2D eigenvalue weighted by Gasteiger charge is 2.27. The van der Waals surface area contributed by atoms with Crippen LogP contribution >= 0.6 is 11.6 Å². The summed E-state index contributed by atoms with van der Waals surface area (Å²) in [5.41, 5.74) is -0.843. The smallest absolute Gasteiger partial charge is 0.310 e. The van der Waals surface area contributed by atoms with Gasteiger partial charge in [-0.25, -0.2) is 4.39 Å². The predicted molar refractivity (Wildman–Crippen MR) is 61.3 cm³/mol. The van der Waals surface area contributed by atoms with Crippen LogP contribution in [0.15, 0.2) is 18.2 Å². The van der Waals surface area contributed by atoms with Crippen LogP contribution in [0.3, 0.4) is 0 Å². The number of carbonyl (C=O) groups is 1. The molecule has 0 fully saturated rings. The molecule has 0 atom stereocenters. The van der Waals surface area contributed by atoms with E-state index < -0.39 is 17.2 Å². The molecule has 0 aliphatic heterocycles. The van der Waals surface area contributed by atoms with Gasteiger partial charge >= 0.3 is 5.97 Å². The highest BCUT2D eigenvalue weighted by atomic mass is 35.5. The normalized spacial score (nSPS) is 11.2. The first-order chi connectivity index (χ1) is 7.34. The molecule has 0 radical (unpaired) electrons. The van der Waals surface area contributed by atoms with Crippen molar-refractivity contribution >= 4 is 23.3 Å². The lowest BCUT2D eigenvalue weighted by Gasteiger charge is -2.20. The van der Waals surface area contributed by atoms with Gasteiger partial charge < -0.3 is 10.4 Å². The number of carboxylic acid groups (broad SMARTS) is 1. The number of rotatable bonds is 4. The molecule has 0 bridgehead atoms. The Morgan fingerprint density at radius 2 is 2.19 bits per heavy atom. The molecule has 0 saturated heterocycles. The summed E-state index contributed by atoms with van der Waals surface area (Å²) in [5.74, 6) is -1.44. The lowest BCUT2D eigenvalue weighted by molar-refractivity contribution is -0.146. The molecule has 5 heteroatoms. The first kappa shape index (κ1) is 12.8. The Morgan fingerprint density at radius 1 is 1.56 bits per heavy atom. The average molecular weight is 246 g/mol. The van der Waals surface area contributed by atoms with Gasteiger partial charge in [0.25, 0.3) is 0 Å². The molecule has 2 N–H and O–H groups in total. The maximum Gasteiger partial charge on any atom is 0.310 e. The lowest BCUT2D eigenvalue weighted by Crippen LogP contribution is -2.32. The second kappa shape index (κ2) is 4.70. The molecule has 1 rings (SSSR count). The van der Waals surface area contributed by atoms with E-state index in [0.29, 0.717) is 0 Å². The van der Waals surface area contributed by atoms with E-state index in [2.05, 4.69) is 5.32 Å². The minimum atomic E-state index is -0.981. The van der Waals surface area contributed by atoms with Crippen LogP contribution in [-0.2, 0) is 4.79 Å². The van der Waals surface area contributed by atoms with Gasteiger partial charge in [-0.2, -0.15) is 0 Å². The number of carboxylic acids is 1. The number of benzene rings is 1. The van der Waals surface area contributed by atoms with Gasteiger partial charge in [-0.05, 0) is 26.0 Å². The van der Waals surface area contributed by atoms with Crippen molar-refractivity contribution in [3.63, 3.8) is 0 Å². The molecule has 0 amide bonds. The van der Waals surface area contributed by atoms with Crippen molar-refractivity contribution in [2.75, 3.05) is 11.9 Å². The molecular formula is C11H13ClFNO2. The predicted octanol–water partition coefficient (Wildman–Crippen LogP) is 3.00. The summed E-state index contributed by atoms with van der Waals surface area (Å²) in [5, 5.41) is 11.8. The molecule has 1 aromatic rings. The van der Waals surface area contributed by atoms with E-state index in [9.17, 15) is 9.18 Å². The standard InChI is InChI=1S/C11H13ClFNO2/c1-11(2,10(15)16)6-14-9-7(12)4-3-5-8(9)13/h3-5,14H,6H2,1-2H3,(H,15,16). The summed E-state index contributed by atoms with van der Waals surface area (Å²) in [4.78, 5) is 10.8. The molecule has 16 heavy (non-hydrogen) atoms. The Labute approximate surface area is 98.2 Å². The molecular weight excluding hydrogens is 233 g/mol. The zero-order valence-corrected chi connectivity index (χ0v) is 9.81. The van der Waals surface area contributed by atoms with E-state index in [1.165, 1.54) is 12.1 Å². The Morgan fingerprint density at radius 3 is 2.69 bits per heavy atom. The van der Waals surface area contributed by atoms with E-state index in [4.69, 9.17) is 16.7 Å². The largest absolute Gasteiger partial charge is 0.481 e. The van der Waals surface area contributed by atoms with Crippen molar-refractivity contribution in [3.8, 4) is 0 Å². The summed E-state index contributed by atoms with van der Waals surface area (Å²) in [7, 11) is 0. The monoisotopic (exact) mass is 245 g/mol. The molecule has 0 heterocycles. The average Bonchev–Trinajstić information content (AvgIpc) is 2.16. The van der Waals surface area contributed by atoms with Crippen molar-refractivity contribution < 1.29 is 14.3 Å². The molecule has 0 aromatic heterocycles. The van der Waals surface area contributed by atoms with Crippen LogP contribution in [0.25, 0.3) is 0 Å². The van der Waals surface area contributed by atoms with Crippen LogP contribution in [-0.4, -0.2) is 17.6 Å². The van der Waals surface area contributed by atoms with E-state index >= 15 is 0 Å². The summed E-state index contributed by atoms with van der Waals surface area (Å²) in [6.07, 6.45) is 0. The number of nitrogens with one attached hydrogen (secondary N) is 1. The molecule has 1 aromatic carbocycles. The van der Waals surface area contributed by atoms with Crippen LogP contribution in [0.5, 0.6) is 0 Å². The second-order valence-electron chi connectivity index (χ2n) is 4.14. The first-order valence-corrected chi connectivity index (χ1v) is 5.13. The summed E-state index contributed by atoms with van der Waals surface area (Å²) >= 11 is 5.79. The van der Waals surface area contributed by atoms with Gasteiger partial charge in [0, 0.05) is 6.54 Å². The van der Waals surface area contributed by atoms with Crippen LogP contribution in [0.4, 0.5) is 10.1 Å². The third-order valence-corrected chi connectivity index (χ3v) is 2.56. The van der Waals surface area contributed by atoms with Gasteiger partial charge in [0.2, 0.25) is 0 Å². The Hall–Kier alpha value is -1.29. The number of aliphatic carboxylic acids is 1. The van der Waals surface area contributed by atoms with Crippen molar-refractivity contribution in [3.05, 3.63) is 29.0 Å². The molecule has 88 valence electrons.